The summed E-state index contributed by atoms with van der Waals surface area (Å²) in [6, 6.07) is 42.7. The Hall–Kier alpha value is -6.71. The van der Waals surface area contributed by atoms with Crippen molar-refractivity contribution in [2.45, 2.75) is 19.8 Å². The lowest BCUT2D eigenvalue weighted by Gasteiger charge is -2.19. The molecule has 1 atom stereocenters. The zero-order valence-electron chi connectivity index (χ0n) is 30.4. The number of hydrogen-bond acceptors (Lipinski definition) is 3. The lowest BCUT2D eigenvalue weighted by molar-refractivity contribution is 0.358. The molecule has 0 N–H and O–H groups in total. The van der Waals surface area contributed by atoms with Crippen LogP contribution in [-0.2, 0) is 0 Å². The molecule has 0 spiro atoms. The molecule has 0 bridgehead atoms. The van der Waals surface area contributed by atoms with E-state index in [-0.39, 0.29) is 5.92 Å². The number of hydrogen-bond donors (Lipinski definition) is 0. The Morgan fingerprint density at radius 1 is 0.685 bits per heavy atom. The van der Waals surface area contributed by atoms with Gasteiger partial charge in [-0.1, -0.05) is 147 Å². The fraction of sp³-hybridized carbons (Fsp3) is 0.0784. The number of fused-ring (bicyclic) bond motifs is 4. The Morgan fingerprint density at radius 2 is 1.44 bits per heavy atom. The van der Waals surface area contributed by atoms with E-state index in [2.05, 4.69) is 166 Å². The van der Waals surface area contributed by atoms with Gasteiger partial charge in [0.05, 0.1) is 11.4 Å². The Morgan fingerprint density at radius 3 is 2.31 bits per heavy atom. The van der Waals surface area contributed by atoms with Crippen LogP contribution in [0.25, 0.3) is 66.6 Å². The van der Waals surface area contributed by atoms with E-state index < -0.39 is 0 Å². The maximum Gasteiger partial charge on any atom is 0.136 e. The number of para-hydroxylation sites is 1. The van der Waals surface area contributed by atoms with Gasteiger partial charge in [0.2, 0.25) is 0 Å². The standard InChI is InChI=1S/C51H39NO2/c1-33-14-12-20-42(45(30-33)38-25-23-37(24-26-38)41-19-13-22-48-50(41)43-18-9-10-21-47(43)54-48)46-32-44(36-16-7-4-8-17-36)35(3)51(52-46)39-27-28-40-34(2)15-6-5-11-29-53-49(40)31-39/h4-28,30-32,34H,1,29H2,2-3H3/b11-5-,15-6-. The minimum Gasteiger partial charge on any atom is -0.489 e. The summed E-state index contributed by atoms with van der Waals surface area (Å²) in [6.07, 6.45) is 16.9. The van der Waals surface area contributed by atoms with Crippen LogP contribution in [0.15, 0.2) is 187 Å². The van der Waals surface area contributed by atoms with Crippen LogP contribution in [0.5, 0.6) is 5.75 Å². The van der Waals surface area contributed by atoms with Crippen molar-refractivity contribution in [2.75, 3.05) is 6.61 Å². The summed E-state index contributed by atoms with van der Waals surface area (Å²) in [5, 5.41) is 2.26. The van der Waals surface area contributed by atoms with Crippen LogP contribution in [0.2, 0.25) is 0 Å². The third-order valence-corrected chi connectivity index (χ3v) is 10.5. The van der Waals surface area contributed by atoms with Gasteiger partial charge in [-0.2, -0.15) is 0 Å². The number of rotatable bonds is 5. The van der Waals surface area contributed by atoms with Crippen molar-refractivity contribution in [3.05, 3.63) is 204 Å². The highest BCUT2D eigenvalue weighted by atomic mass is 16.5. The van der Waals surface area contributed by atoms with Crippen molar-refractivity contribution < 1.29 is 9.15 Å². The number of benzene rings is 5. The molecule has 2 aromatic heterocycles. The molecular formula is C51H39NO2. The molecule has 5 aromatic carbocycles. The van der Waals surface area contributed by atoms with Gasteiger partial charge < -0.3 is 9.15 Å². The molecule has 1 aliphatic heterocycles. The normalized spacial score (nSPS) is 16.7. The molecule has 1 aliphatic carbocycles. The second-order valence-electron chi connectivity index (χ2n) is 14.0. The maximum atomic E-state index is 6.33. The Bertz CT molecular complexity index is 2740. The molecule has 0 amide bonds. The molecule has 3 nitrogen and oxygen atoms in total. The van der Waals surface area contributed by atoms with Gasteiger partial charge in [-0.15, -0.1) is 0 Å². The minimum atomic E-state index is 0.221. The van der Waals surface area contributed by atoms with E-state index in [1.54, 1.807) is 0 Å². The quantitative estimate of drug-likeness (QED) is 0.180. The summed E-state index contributed by atoms with van der Waals surface area (Å²) in [5.41, 5.74) is 15.6. The molecule has 0 saturated heterocycles. The molecule has 0 radical (unpaired) electrons. The van der Waals surface area contributed by atoms with Gasteiger partial charge in [0, 0.05) is 33.4 Å². The van der Waals surface area contributed by atoms with E-state index in [4.69, 9.17) is 14.1 Å². The smallest absolute Gasteiger partial charge is 0.136 e. The van der Waals surface area contributed by atoms with Crippen molar-refractivity contribution >= 4 is 33.1 Å². The van der Waals surface area contributed by atoms with E-state index in [1.165, 1.54) is 0 Å². The largest absolute Gasteiger partial charge is 0.489 e. The number of ether oxygens (including phenoxy) is 1. The van der Waals surface area contributed by atoms with Gasteiger partial charge in [-0.05, 0) is 87.9 Å². The fourth-order valence-corrected chi connectivity index (χ4v) is 7.71. The second-order valence-corrected chi connectivity index (χ2v) is 14.0. The molecule has 54 heavy (non-hydrogen) atoms. The first kappa shape index (κ1) is 33.1. The first-order valence-corrected chi connectivity index (χ1v) is 18.5. The van der Waals surface area contributed by atoms with E-state index >= 15 is 0 Å². The molecule has 1 unspecified atom stereocenters. The Balaban J connectivity index is 1.17. The van der Waals surface area contributed by atoms with Gasteiger partial charge in [0.15, 0.2) is 0 Å². The summed E-state index contributed by atoms with van der Waals surface area (Å²) in [5.74, 6) is 1.11. The molecule has 0 saturated carbocycles. The maximum absolute atomic E-state index is 6.33. The second kappa shape index (κ2) is 14.0. The average molecular weight is 698 g/mol. The molecule has 7 aromatic rings. The van der Waals surface area contributed by atoms with Crippen molar-refractivity contribution in [3.8, 4) is 39.3 Å². The molecule has 9 rings (SSSR count). The van der Waals surface area contributed by atoms with Gasteiger partial charge in [-0.3, -0.25) is 0 Å². The summed E-state index contributed by atoms with van der Waals surface area (Å²) in [6.45, 7) is 9.25. The highest BCUT2D eigenvalue weighted by Crippen LogP contribution is 2.42. The van der Waals surface area contributed by atoms with Crippen molar-refractivity contribution in [1.29, 1.82) is 0 Å². The summed E-state index contributed by atoms with van der Waals surface area (Å²) in [7, 11) is 0. The van der Waals surface area contributed by atoms with E-state index in [1.807, 2.05) is 24.3 Å². The number of pyridine rings is 1. The Kier molecular flexibility index (Phi) is 8.61. The molecule has 260 valence electrons. The number of aromatic nitrogens is 1. The number of nitrogens with zero attached hydrogens (tertiary/aromatic N) is 1. The average Bonchev–Trinajstić information content (AvgIpc) is 3.52. The van der Waals surface area contributed by atoms with E-state index in [9.17, 15) is 0 Å². The van der Waals surface area contributed by atoms with Crippen LogP contribution < -0.4 is 4.74 Å². The minimum absolute atomic E-state index is 0.221. The van der Waals surface area contributed by atoms with Crippen LogP contribution in [0.3, 0.4) is 0 Å². The third kappa shape index (κ3) is 6.14. The SMILES string of the molecule is C=C1C=CC=C(c2cc(-c3ccccc3)c(C)c(-c3ccc4c(c3)OC/C=C\C=C/C4C)n2)C(c2ccc(-c3cccc4oc5ccccc5c34)cc2)=C1. The van der Waals surface area contributed by atoms with Crippen LogP contribution in [0.4, 0.5) is 0 Å². The van der Waals surface area contributed by atoms with E-state index in [0.717, 1.165) is 100 Å². The molecular weight excluding hydrogens is 659 g/mol. The van der Waals surface area contributed by atoms with Gasteiger partial charge >= 0.3 is 0 Å². The first-order valence-electron chi connectivity index (χ1n) is 18.5. The lowest BCUT2D eigenvalue weighted by Crippen LogP contribution is -2.02. The third-order valence-electron chi connectivity index (χ3n) is 10.5. The van der Waals surface area contributed by atoms with Gasteiger partial charge in [-0.25, -0.2) is 4.98 Å². The molecule has 0 fully saturated rings. The summed E-state index contributed by atoms with van der Waals surface area (Å²) in [4.78, 5) is 5.48. The number of allylic oxidation sites excluding steroid dienone is 10. The summed E-state index contributed by atoms with van der Waals surface area (Å²) < 4.78 is 12.5. The van der Waals surface area contributed by atoms with Crippen molar-refractivity contribution in [3.63, 3.8) is 0 Å². The molecule has 3 heteroatoms. The topological polar surface area (TPSA) is 35.3 Å². The van der Waals surface area contributed by atoms with Crippen LogP contribution in [0.1, 0.15) is 35.2 Å². The zero-order chi connectivity index (χ0) is 36.6. The van der Waals surface area contributed by atoms with Crippen LogP contribution in [0, 0.1) is 6.92 Å². The number of furan rings is 1. The van der Waals surface area contributed by atoms with Crippen molar-refractivity contribution in [2.24, 2.45) is 0 Å². The van der Waals surface area contributed by atoms with Gasteiger partial charge in [0.1, 0.15) is 23.5 Å². The van der Waals surface area contributed by atoms with Crippen LogP contribution >= 0.6 is 0 Å². The van der Waals surface area contributed by atoms with Crippen LogP contribution in [-0.4, -0.2) is 11.6 Å². The Labute approximate surface area is 316 Å². The monoisotopic (exact) mass is 697 g/mol. The lowest BCUT2D eigenvalue weighted by atomic mass is 9.89. The predicted octanol–water partition coefficient (Wildman–Crippen LogP) is 13.5. The fourth-order valence-electron chi connectivity index (χ4n) is 7.71. The van der Waals surface area contributed by atoms with Crippen molar-refractivity contribution in [1.82, 2.24) is 4.98 Å². The van der Waals surface area contributed by atoms with Gasteiger partial charge in [0.25, 0.3) is 0 Å². The first-order chi connectivity index (χ1) is 26.5. The molecule has 2 aliphatic rings. The predicted molar refractivity (Wildman–Crippen MR) is 225 cm³/mol. The molecule has 3 heterocycles. The summed E-state index contributed by atoms with van der Waals surface area (Å²) >= 11 is 0. The van der Waals surface area contributed by atoms with E-state index in [0.29, 0.717) is 6.61 Å². The zero-order valence-corrected chi connectivity index (χ0v) is 30.4. The highest BCUT2D eigenvalue weighted by molar-refractivity contribution is 6.12. The highest BCUT2D eigenvalue weighted by Gasteiger charge is 2.21.